The van der Waals surface area contributed by atoms with Crippen molar-refractivity contribution in [3.63, 3.8) is 0 Å². The van der Waals surface area contributed by atoms with Gasteiger partial charge in [0.05, 0.1) is 5.69 Å². The molecule has 0 saturated heterocycles. The molecular formula is C15H17ClN2OS. The summed E-state index contributed by atoms with van der Waals surface area (Å²) in [6.45, 7) is 5.90. The molecule has 0 aliphatic rings. The van der Waals surface area contributed by atoms with Gasteiger partial charge in [0.1, 0.15) is 9.88 Å². The Kier molecular flexibility index (Phi) is 4.78. The van der Waals surface area contributed by atoms with E-state index >= 15 is 0 Å². The molecule has 106 valence electrons. The number of carbonyl (C=O) groups excluding carboxylic acids is 1. The molecule has 0 radical (unpaired) electrons. The van der Waals surface area contributed by atoms with Crippen LogP contribution in [0.25, 0.3) is 10.6 Å². The number of carbonyl (C=O) groups is 1. The van der Waals surface area contributed by atoms with Crippen LogP contribution in [0.1, 0.15) is 35.6 Å². The van der Waals surface area contributed by atoms with E-state index in [1.165, 1.54) is 11.3 Å². The number of hydrogen-bond donors (Lipinski definition) is 1. The van der Waals surface area contributed by atoms with Crippen molar-refractivity contribution in [3.05, 3.63) is 39.9 Å². The summed E-state index contributed by atoms with van der Waals surface area (Å²) in [5.74, 6) is -0.0467. The molecule has 1 atom stereocenters. The lowest BCUT2D eigenvalue weighted by atomic mass is 10.2. The third kappa shape index (κ3) is 3.38. The van der Waals surface area contributed by atoms with E-state index in [2.05, 4.69) is 10.3 Å². The largest absolute Gasteiger partial charge is 0.349 e. The SMILES string of the molecule is CCC(C)NC(=O)c1sc(-c2ccc(Cl)cc2)nc1C. The van der Waals surface area contributed by atoms with Gasteiger partial charge in [0.2, 0.25) is 0 Å². The van der Waals surface area contributed by atoms with Gasteiger partial charge < -0.3 is 5.32 Å². The lowest BCUT2D eigenvalue weighted by Gasteiger charge is -2.09. The summed E-state index contributed by atoms with van der Waals surface area (Å²) in [5, 5.41) is 4.50. The molecule has 20 heavy (non-hydrogen) atoms. The number of hydrogen-bond acceptors (Lipinski definition) is 3. The van der Waals surface area contributed by atoms with E-state index < -0.39 is 0 Å². The van der Waals surface area contributed by atoms with Gasteiger partial charge in [0.15, 0.2) is 0 Å². The van der Waals surface area contributed by atoms with Crippen LogP contribution in [0.2, 0.25) is 5.02 Å². The van der Waals surface area contributed by atoms with Crippen LogP contribution in [0.5, 0.6) is 0 Å². The molecular weight excluding hydrogens is 292 g/mol. The Morgan fingerprint density at radius 3 is 2.65 bits per heavy atom. The third-order valence-electron chi connectivity index (χ3n) is 3.08. The summed E-state index contributed by atoms with van der Waals surface area (Å²) < 4.78 is 0. The van der Waals surface area contributed by atoms with E-state index in [1.807, 2.05) is 45.0 Å². The third-order valence-corrected chi connectivity index (χ3v) is 4.54. The van der Waals surface area contributed by atoms with Crippen LogP contribution in [-0.4, -0.2) is 16.9 Å². The van der Waals surface area contributed by atoms with E-state index in [1.54, 1.807) is 0 Å². The Balaban J connectivity index is 2.25. The molecule has 1 aromatic carbocycles. The van der Waals surface area contributed by atoms with Crippen molar-refractivity contribution >= 4 is 28.8 Å². The van der Waals surface area contributed by atoms with Crippen molar-refractivity contribution in [3.8, 4) is 10.6 Å². The Morgan fingerprint density at radius 2 is 2.05 bits per heavy atom. The highest BCUT2D eigenvalue weighted by molar-refractivity contribution is 7.17. The van der Waals surface area contributed by atoms with Gasteiger partial charge in [-0.1, -0.05) is 30.7 Å². The minimum absolute atomic E-state index is 0.0467. The molecule has 1 heterocycles. The minimum atomic E-state index is -0.0467. The summed E-state index contributed by atoms with van der Waals surface area (Å²) in [5.41, 5.74) is 1.74. The van der Waals surface area contributed by atoms with Crippen LogP contribution in [0, 0.1) is 6.92 Å². The van der Waals surface area contributed by atoms with Gasteiger partial charge in [-0.3, -0.25) is 4.79 Å². The molecule has 2 rings (SSSR count). The first-order valence-electron chi connectivity index (χ1n) is 6.55. The Labute approximate surface area is 128 Å². The fourth-order valence-electron chi connectivity index (χ4n) is 1.71. The van der Waals surface area contributed by atoms with Crippen LogP contribution in [-0.2, 0) is 0 Å². The van der Waals surface area contributed by atoms with E-state index in [0.717, 1.165) is 22.7 Å². The molecule has 1 amide bonds. The fraction of sp³-hybridized carbons (Fsp3) is 0.333. The molecule has 5 heteroatoms. The Hall–Kier alpha value is -1.39. The Bertz CT molecular complexity index is 607. The van der Waals surface area contributed by atoms with E-state index in [0.29, 0.717) is 9.90 Å². The van der Waals surface area contributed by atoms with Crippen LogP contribution in [0.4, 0.5) is 0 Å². The van der Waals surface area contributed by atoms with Crippen LogP contribution in [0.3, 0.4) is 0 Å². The molecule has 3 nitrogen and oxygen atoms in total. The normalized spacial score (nSPS) is 12.2. The molecule has 0 fully saturated rings. The van der Waals surface area contributed by atoms with Crippen LogP contribution >= 0.6 is 22.9 Å². The van der Waals surface area contributed by atoms with Crippen molar-refractivity contribution in [2.24, 2.45) is 0 Å². The number of thiazole rings is 1. The topological polar surface area (TPSA) is 42.0 Å². The number of halogens is 1. The molecule has 0 spiro atoms. The van der Waals surface area contributed by atoms with Gasteiger partial charge in [0, 0.05) is 16.6 Å². The molecule has 2 aromatic rings. The van der Waals surface area contributed by atoms with Gasteiger partial charge >= 0.3 is 0 Å². The number of aryl methyl sites for hydroxylation is 1. The highest BCUT2D eigenvalue weighted by Crippen LogP contribution is 2.28. The van der Waals surface area contributed by atoms with Gasteiger partial charge in [-0.05, 0) is 32.4 Å². The minimum Gasteiger partial charge on any atom is -0.349 e. The maximum absolute atomic E-state index is 12.2. The number of aromatic nitrogens is 1. The molecule has 0 bridgehead atoms. The molecule has 1 aromatic heterocycles. The molecule has 0 saturated carbocycles. The predicted octanol–water partition coefficient (Wildman–Crippen LogP) is 4.30. The predicted molar refractivity (Wildman–Crippen MR) is 84.5 cm³/mol. The first-order valence-corrected chi connectivity index (χ1v) is 7.75. The summed E-state index contributed by atoms with van der Waals surface area (Å²) >= 11 is 7.29. The first kappa shape index (κ1) is 15.0. The van der Waals surface area contributed by atoms with Gasteiger partial charge in [-0.2, -0.15) is 0 Å². The molecule has 1 N–H and O–H groups in total. The standard InChI is InChI=1S/C15H17ClN2OS/c1-4-9(2)17-14(19)13-10(3)18-15(20-13)11-5-7-12(16)8-6-11/h5-9H,4H2,1-3H3,(H,17,19). The van der Waals surface area contributed by atoms with Gasteiger partial charge in [0.25, 0.3) is 5.91 Å². The summed E-state index contributed by atoms with van der Waals surface area (Å²) in [7, 11) is 0. The maximum Gasteiger partial charge on any atom is 0.263 e. The monoisotopic (exact) mass is 308 g/mol. The van der Waals surface area contributed by atoms with Gasteiger partial charge in [-0.15, -0.1) is 11.3 Å². The second kappa shape index (κ2) is 6.37. The smallest absolute Gasteiger partial charge is 0.263 e. The summed E-state index contributed by atoms with van der Waals surface area (Å²) in [4.78, 5) is 17.3. The number of benzene rings is 1. The molecule has 1 unspecified atom stereocenters. The van der Waals surface area contributed by atoms with Crippen molar-refractivity contribution < 1.29 is 4.79 Å². The lowest BCUT2D eigenvalue weighted by molar-refractivity contribution is 0.0942. The zero-order valence-corrected chi connectivity index (χ0v) is 13.3. The van der Waals surface area contributed by atoms with Crippen LogP contribution in [0.15, 0.2) is 24.3 Å². The fourth-order valence-corrected chi connectivity index (χ4v) is 2.82. The average Bonchev–Trinajstić information content (AvgIpc) is 2.81. The summed E-state index contributed by atoms with van der Waals surface area (Å²) in [6, 6.07) is 7.65. The highest BCUT2D eigenvalue weighted by atomic mass is 35.5. The van der Waals surface area contributed by atoms with Crippen molar-refractivity contribution in [2.75, 3.05) is 0 Å². The average molecular weight is 309 g/mol. The number of amides is 1. The zero-order valence-electron chi connectivity index (χ0n) is 11.7. The van der Waals surface area contributed by atoms with Crippen molar-refractivity contribution in [1.82, 2.24) is 10.3 Å². The quantitative estimate of drug-likeness (QED) is 0.915. The lowest BCUT2D eigenvalue weighted by Crippen LogP contribution is -2.31. The van der Waals surface area contributed by atoms with Crippen LogP contribution < -0.4 is 5.32 Å². The van der Waals surface area contributed by atoms with E-state index in [-0.39, 0.29) is 11.9 Å². The van der Waals surface area contributed by atoms with Crippen molar-refractivity contribution in [1.29, 1.82) is 0 Å². The number of nitrogens with zero attached hydrogens (tertiary/aromatic N) is 1. The zero-order chi connectivity index (χ0) is 14.7. The van der Waals surface area contributed by atoms with E-state index in [9.17, 15) is 4.79 Å². The first-order chi connectivity index (χ1) is 9.51. The highest BCUT2D eigenvalue weighted by Gasteiger charge is 2.17. The Morgan fingerprint density at radius 1 is 1.40 bits per heavy atom. The second-order valence-corrected chi connectivity index (χ2v) is 6.16. The second-order valence-electron chi connectivity index (χ2n) is 4.72. The molecule has 0 aliphatic carbocycles. The van der Waals surface area contributed by atoms with E-state index in [4.69, 9.17) is 11.6 Å². The van der Waals surface area contributed by atoms with Crippen molar-refractivity contribution in [2.45, 2.75) is 33.2 Å². The summed E-state index contributed by atoms with van der Waals surface area (Å²) in [6.07, 6.45) is 0.910. The molecule has 0 aliphatic heterocycles. The number of rotatable bonds is 4. The number of nitrogens with one attached hydrogen (secondary N) is 1. The van der Waals surface area contributed by atoms with Gasteiger partial charge in [-0.25, -0.2) is 4.98 Å². The maximum atomic E-state index is 12.2.